The van der Waals surface area contributed by atoms with Crippen LogP contribution >= 0.6 is 0 Å². The SMILES string of the molecule is CC(C)c1cnn2c(NCc3ccccc3NCc3ccc(NC(=O)/C=C/CN(C)CCN4CCC(Oc5nc(NCc6ccccc6NC(=O)c6ccc(NC(=O)/C=C/CN(C)C)cc6)n6ncc(C(C)C)c6n5)CC4)cc3)nc(OC3CCN(C)CC3)nc12. The normalized spacial score (nSPS) is 14.6. The Balaban J connectivity index is 0.650. The molecule has 23 nitrogen and oxygen atoms in total. The number of nitrogens with one attached hydrogen (secondary N) is 6. The first-order chi connectivity index (χ1) is 44.1. The number of nitrogens with zero attached hydrogens (tertiary/aromatic N) is 12. The lowest BCUT2D eigenvalue weighted by molar-refractivity contribution is -0.112. The molecule has 3 amide bonds. The molecule has 0 unspecified atom stereocenters. The quantitative estimate of drug-likeness (QED) is 0.0250. The van der Waals surface area contributed by atoms with Crippen LogP contribution in [0.1, 0.15) is 103 Å². The van der Waals surface area contributed by atoms with Crippen molar-refractivity contribution in [3.8, 4) is 12.0 Å². The monoisotopic (exact) mass is 1230 g/mol. The number of hydrogen-bond donors (Lipinski definition) is 6. The minimum atomic E-state index is -0.285. The average Bonchev–Trinajstić information content (AvgIpc) is 1.80. The molecule has 0 saturated carbocycles. The molecule has 91 heavy (non-hydrogen) atoms. The smallest absolute Gasteiger partial charge is 0.322 e. The van der Waals surface area contributed by atoms with Crippen molar-refractivity contribution < 1.29 is 23.9 Å². The van der Waals surface area contributed by atoms with Crippen LogP contribution in [0, 0.1) is 0 Å². The van der Waals surface area contributed by atoms with Crippen LogP contribution in [0.3, 0.4) is 0 Å². The fourth-order valence-electron chi connectivity index (χ4n) is 10.8. The number of piperidine rings is 2. The zero-order chi connectivity index (χ0) is 63.8. The van der Waals surface area contributed by atoms with E-state index >= 15 is 0 Å². The second-order valence-electron chi connectivity index (χ2n) is 24.3. The fourth-order valence-corrected chi connectivity index (χ4v) is 10.8. The van der Waals surface area contributed by atoms with Gasteiger partial charge in [-0.05, 0) is 131 Å². The van der Waals surface area contributed by atoms with Crippen molar-refractivity contribution in [3.63, 3.8) is 0 Å². The van der Waals surface area contributed by atoms with Gasteiger partial charge in [0.1, 0.15) is 12.2 Å². The van der Waals surface area contributed by atoms with Gasteiger partial charge in [0.25, 0.3) is 5.91 Å². The molecule has 0 aliphatic carbocycles. The molecule has 0 bridgehead atoms. The Hall–Kier alpha value is -9.29. The first kappa shape index (κ1) is 64.7. The van der Waals surface area contributed by atoms with Gasteiger partial charge in [-0.25, -0.2) is 0 Å². The number of likely N-dealkylation sites (N-methyl/N-ethyl adjacent to an activating group) is 2. The van der Waals surface area contributed by atoms with E-state index < -0.39 is 0 Å². The summed E-state index contributed by atoms with van der Waals surface area (Å²) in [4.78, 5) is 67.1. The predicted octanol–water partition coefficient (Wildman–Crippen LogP) is 9.40. The molecule has 0 radical (unpaired) electrons. The third-order valence-corrected chi connectivity index (χ3v) is 16.2. The first-order valence-corrected chi connectivity index (χ1v) is 31.5. The number of carbonyl (C=O) groups is 3. The lowest BCUT2D eigenvalue weighted by Gasteiger charge is -2.32. The number of anilines is 6. The average molecular weight is 1240 g/mol. The molecule has 0 atom stereocenters. The number of hydrogen-bond acceptors (Lipinski definition) is 18. The molecule has 8 aromatic rings. The summed E-state index contributed by atoms with van der Waals surface area (Å²) in [5, 5.41) is 28.8. The third-order valence-electron chi connectivity index (χ3n) is 16.2. The molecular weight excluding hydrogens is 1150 g/mol. The van der Waals surface area contributed by atoms with Crippen molar-refractivity contribution in [3.05, 3.63) is 167 Å². The highest BCUT2D eigenvalue weighted by atomic mass is 16.5. The van der Waals surface area contributed by atoms with E-state index in [1.54, 1.807) is 45.4 Å². The largest absolute Gasteiger partial charge is 0.460 e. The van der Waals surface area contributed by atoms with Crippen molar-refractivity contribution in [1.82, 2.24) is 58.8 Å². The number of aromatic nitrogens is 8. The molecule has 10 rings (SSSR count). The van der Waals surface area contributed by atoms with Gasteiger partial charge in [-0.15, -0.1) is 0 Å². The minimum absolute atomic E-state index is 0.0682. The Kier molecular flexibility index (Phi) is 22.0. The number of fused-ring (bicyclic) bond motifs is 2. The van der Waals surface area contributed by atoms with Crippen molar-refractivity contribution >= 4 is 63.7 Å². The highest BCUT2D eigenvalue weighted by molar-refractivity contribution is 6.05. The van der Waals surface area contributed by atoms with E-state index in [2.05, 4.69) is 111 Å². The Labute approximate surface area is 532 Å². The van der Waals surface area contributed by atoms with Crippen LogP contribution < -0.4 is 41.4 Å². The maximum absolute atomic E-state index is 13.5. The van der Waals surface area contributed by atoms with Gasteiger partial charge in [0.15, 0.2) is 11.3 Å². The summed E-state index contributed by atoms with van der Waals surface area (Å²) < 4.78 is 16.4. The standard InChI is InChI=1S/C68H86N18O5/c1-46(2)56-44-72-85-62(56)77-67(90-54-29-35-83(8)36-30-54)79-65(85)70-42-50-15-9-11-17-58(50)69-41-48-21-25-52(26-22-48)74-61(88)20-14-34-82(7)39-40-84-37-31-55(32-38-84)91-68-78-63-57(47(3)4)45-73-86(63)66(80-68)71-43-51-16-10-12-18-59(51)76-64(89)49-23-27-53(28-24-49)75-60(87)19-13-33-81(5)6/h9-28,44-47,54-55,69H,29-43H2,1-8H3,(H,74,88)(H,75,87)(H,76,89)(H,70,77,79)(H,71,78,80)/b19-13+,20-14+. The zero-order valence-electron chi connectivity index (χ0n) is 53.5. The van der Waals surface area contributed by atoms with E-state index in [9.17, 15) is 14.4 Å². The molecule has 478 valence electrons. The summed E-state index contributed by atoms with van der Waals surface area (Å²) in [6, 6.07) is 31.1. The van der Waals surface area contributed by atoms with Crippen LogP contribution in [-0.2, 0) is 29.2 Å². The van der Waals surface area contributed by atoms with Crippen LogP contribution in [-0.4, -0.2) is 169 Å². The zero-order valence-corrected chi connectivity index (χ0v) is 53.5. The van der Waals surface area contributed by atoms with Gasteiger partial charge in [0, 0.05) is 124 Å². The lowest BCUT2D eigenvalue weighted by atomic mass is 10.1. The van der Waals surface area contributed by atoms with Crippen LogP contribution in [0.5, 0.6) is 12.0 Å². The molecule has 4 aromatic heterocycles. The number of rotatable bonds is 28. The maximum atomic E-state index is 13.5. The Morgan fingerprint density at radius 2 is 1.08 bits per heavy atom. The second kappa shape index (κ2) is 31.0. The minimum Gasteiger partial charge on any atom is -0.460 e. The van der Waals surface area contributed by atoms with Crippen LogP contribution in [0.15, 0.2) is 134 Å². The van der Waals surface area contributed by atoms with Gasteiger partial charge < -0.3 is 61.0 Å². The van der Waals surface area contributed by atoms with E-state index in [4.69, 9.17) is 29.4 Å². The first-order valence-electron chi connectivity index (χ1n) is 31.5. The molecule has 6 N–H and O–H groups in total. The summed E-state index contributed by atoms with van der Waals surface area (Å²) in [7, 11) is 8.06. The topological polar surface area (TPSA) is 241 Å². The van der Waals surface area contributed by atoms with Crippen LogP contribution in [0.4, 0.5) is 34.6 Å². The van der Waals surface area contributed by atoms with Gasteiger partial charge in [0.05, 0.1) is 12.4 Å². The van der Waals surface area contributed by atoms with Crippen molar-refractivity contribution in [1.29, 1.82) is 0 Å². The van der Waals surface area contributed by atoms with Crippen molar-refractivity contribution in [2.24, 2.45) is 0 Å². The number of benzene rings is 4. The van der Waals surface area contributed by atoms with E-state index in [-0.39, 0.29) is 47.8 Å². The lowest BCUT2D eigenvalue weighted by Crippen LogP contribution is -2.41. The Morgan fingerprint density at radius 3 is 1.62 bits per heavy atom. The molecule has 2 saturated heterocycles. The van der Waals surface area contributed by atoms with Crippen molar-refractivity contribution in [2.45, 2.75) is 97.1 Å². The Morgan fingerprint density at radius 1 is 0.582 bits per heavy atom. The fraction of sp³-hybridized carbons (Fsp3) is 0.397. The van der Waals surface area contributed by atoms with Crippen LogP contribution in [0.25, 0.3) is 11.3 Å². The maximum Gasteiger partial charge on any atom is 0.322 e. The molecule has 4 aromatic carbocycles. The predicted molar refractivity (Wildman–Crippen MR) is 358 cm³/mol. The highest BCUT2D eigenvalue weighted by Gasteiger charge is 2.25. The molecule has 2 aliphatic heterocycles. The van der Waals surface area contributed by atoms with Crippen LogP contribution in [0.2, 0.25) is 0 Å². The van der Waals surface area contributed by atoms with Crippen molar-refractivity contribution in [2.75, 3.05) is 112 Å². The number of likely N-dealkylation sites (tertiary alicyclic amines) is 2. The number of para-hydroxylation sites is 2. The summed E-state index contributed by atoms with van der Waals surface area (Å²) in [5.41, 5.74) is 9.79. The Bertz CT molecular complexity index is 3790. The summed E-state index contributed by atoms with van der Waals surface area (Å²) >= 11 is 0. The summed E-state index contributed by atoms with van der Waals surface area (Å²) in [6.45, 7) is 16.6. The summed E-state index contributed by atoms with van der Waals surface area (Å²) in [5.74, 6) is 0.738. The second-order valence-corrected chi connectivity index (χ2v) is 24.3. The highest BCUT2D eigenvalue weighted by Crippen LogP contribution is 2.29. The number of carbonyl (C=O) groups excluding carboxylic acids is 3. The summed E-state index contributed by atoms with van der Waals surface area (Å²) in [6.07, 6.45) is 14.0. The van der Waals surface area contributed by atoms with Gasteiger partial charge in [-0.2, -0.15) is 39.2 Å². The van der Waals surface area contributed by atoms with Gasteiger partial charge in [-0.1, -0.05) is 88.4 Å². The van der Waals surface area contributed by atoms with Gasteiger partial charge in [0.2, 0.25) is 23.7 Å². The molecule has 2 aliphatic rings. The number of amides is 3. The third kappa shape index (κ3) is 18.0. The molecule has 2 fully saturated rings. The molecule has 23 heteroatoms. The van der Waals surface area contributed by atoms with Gasteiger partial charge in [-0.3, -0.25) is 14.4 Å². The van der Waals surface area contributed by atoms with E-state index in [0.717, 1.165) is 110 Å². The molecule has 0 spiro atoms. The van der Waals surface area contributed by atoms with Gasteiger partial charge >= 0.3 is 12.0 Å². The van der Waals surface area contributed by atoms with E-state index in [1.165, 1.54) is 6.08 Å². The van der Waals surface area contributed by atoms with E-state index in [1.807, 2.05) is 98.1 Å². The molecule has 6 heterocycles. The van der Waals surface area contributed by atoms with E-state index in [0.29, 0.717) is 73.2 Å². The molecular formula is C68H86N18O5. The number of ether oxygens (including phenoxy) is 2.